The maximum atomic E-state index is 13.9. The number of anilines is 1. The highest BCUT2D eigenvalue weighted by molar-refractivity contribution is 5.80. The average molecular weight is 259 g/mol. The minimum atomic E-state index is -0.637. The minimum absolute atomic E-state index is 0.262. The van der Waals surface area contributed by atoms with E-state index in [0.717, 1.165) is 6.07 Å². The average Bonchev–Trinajstić information content (AvgIpc) is 2.66. The van der Waals surface area contributed by atoms with Crippen LogP contribution in [0, 0.1) is 18.6 Å². The van der Waals surface area contributed by atoms with Gasteiger partial charge in [0, 0.05) is 23.5 Å². The van der Waals surface area contributed by atoms with E-state index in [-0.39, 0.29) is 5.56 Å². The summed E-state index contributed by atoms with van der Waals surface area (Å²) in [5.41, 5.74) is 7.73. The Morgan fingerprint density at radius 3 is 2.68 bits per heavy atom. The van der Waals surface area contributed by atoms with E-state index in [4.69, 9.17) is 5.73 Å². The third-order valence-corrected chi connectivity index (χ3v) is 3.03. The largest absolute Gasteiger partial charge is 0.399 e. The molecule has 0 atom stereocenters. The van der Waals surface area contributed by atoms with E-state index < -0.39 is 11.6 Å². The number of hydrogen-bond donors (Lipinski definition) is 1. The van der Waals surface area contributed by atoms with Gasteiger partial charge in [0.05, 0.1) is 11.2 Å². The summed E-state index contributed by atoms with van der Waals surface area (Å²) in [4.78, 5) is 4.34. The van der Waals surface area contributed by atoms with Crippen LogP contribution in [0.5, 0.6) is 0 Å². The summed E-state index contributed by atoms with van der Waals surface area (Å²) in [6.07, 6.45) is 1.78. The van der Waals surface area contributed by atoms with E-state index in [2.05, 4.69) is 4.98 Å². The van der Waals surface area contributed by atoms with Crippen molar-refractivity contribution in [3.05, 3.63) is 54.0 Å². The fourth-order valence-corrected chi connectivity index (χ4v) is 2.13. The van der Waals surface area contributed by atoms with Gasteiger partial charge in [0.15, 0.2) is 0 Å². The Labute approximate surface area is 108 Å². The SMILES string of the molecule is Cc1nc(-c2ccc(F)cc2F)c2cc(N)ccn12. The fourth-order valence-electron chi connectivity index (χ4n) is 2.13. The highest BCUT2D eigenvalue weighted by Crippen LogP contribution is 2.28. The molecule has 0 aliphatic rings. The Kier molecular flexibility index (Phi) is 2.48. The molecular formula is C14H11F2N3. The minimum Gasteiger partial charge on any atom is -0.399 e. The number of pyridine rings is 1. The number of aromatic nitrogens is 2. The first kappa shape index (κ1) is 11.6. The van der Waals surface area contributed by atoms with E-state index in [1.165, 1.54) is 12.1 Å². The number of nitrogens with zero attached hydrogens (tertiary/aromatic N) is 2. The normalized spacial score (nSPS) is 11.1. The second-order valence-electron chi connectivity index (χ2n) is 4.35. The van der Waals surface area contributed by atoms with Crippen molar-refractivity contribution < 1.29 is 8.78 Å². The molecule has 5 heteroatoms. The standard InChI is InChI=1S/C14H11F2N3/c1-8-18-14(11-3-2-9(15)6-12(11)16)13-7-10(17)4-5-19(8)13/h2-7H,17H2,1H3. The van der Waals surface area contributed by atoms with Crippen LogP contribution in [0.2, 0.25) is 0 Å². The Bertz CT molecular complexity index is 778. The summed E-state index contributed by atoms with van der Waals surface area (Å²) in [6, 6.07) is 6.91. The highest BCUT2D eigenvalue weighted by Gasteiger charge is 2.14. The molecule has 0 amide bonds. The van der Waals surface area contributed by atoms with Crippen LogP contribution in [0.3, 0.4) is 0 Å². The van der Waals surface area contributed by atoms with Gasteiger partial charge in [-0.05, 0) is 31.2 Å². The highest BCUT2D eigenvalue weighted by atomic mass is 19.1. The molecule has 1 aromatic carbocycles. The number of aryl methyl sites for hydroxylation is 1. The monoisotopic (exact) mass is 259 g/mol. The third-order valence-electron chi connectivity index (χ3n) is 3.03. The lowest BCUT2D eigenvalue weighted by molar-refractivity contribution is 0.585. The van der Waals surface area contributed by atoms with Crippen molar-refractivity contribution in [2.45, 2.75) is 6.92 Å². The van der Waals surface area contributed by atoms with Crippen LogP contribution in [0.15, 0.2) is 36.5 Å². The number of fused-ring (bicyclic) bond motifs is 1. The second kappa shape index (κ2) is 4.05. The summed E-state index contributed by atoms with van der Waals surface area (Å²) in [7, 11) is 0. The van der Waals surface area contributed by atoms with E-state index >= 15 is 0 Å². The second-order valence-corrected chi connectivity index (χ2v) is 4.35. The molecule has 96 valence electrons. The quantitative estimate of drug-likeness (QED) is 0.729. The molecule has 0 spiro atoms. The van der Waals surface area contributed by atoms with E-state index in [9.17, 15) is 8.78 Å². The predicted molar refractivity (Wildman–Crippen MR) is 69.7 cm³/mol. The van der Waals surface area contributed by atoms with Crippen molar-refractivity contribution in [1.82, 2.24) is 9.38 Å². The van der Waals surface area contributed by atoms with Gasteiger partial charge in [-0.3, -0.25) is 0 Å². The van der Waals surface area contributed by atoms with E-state index in [1.54, 1.807) is 18.3 Å². The summed E-state index contributed by atoms with van der Waals surface area (Å²) in [6.45, 7) is 1.81. The van der Waals surface area contributed by atoms with Gasteiger partial charge in [0.2, 0.25) is 0 Å². The molecular weight excluding hydrogens is 248 g/mol. The zero-order valence-corrected chi connectivity index (χ0v) is 10.2. The van der Waals surface area contributed by atoms with Gasteiger partial charge < -0.3 is 10.1 Å². The number of hydrogen-bond acceptors (Lipinski definition) is 2. The molecule has 2 N–H and O–H groups in total. The molecule has 19 heavy (non-hydrogen) atoms. The number of halogens is 2. The van der Waals surface area contributed by atoms with Gasteiger partial charge >= 0.3 is 0 Å². The van der Waals surface area contributed by atoms with Crippen LogP contribution in [0.1, 0.15) is 5.82 Å². The van der Waals surface area contributed by atoms with Crippen molar-refractivity contribution in [3.63, 3.8) is 0 Å². The number of nitrogen functional groups attached to an aromatic ring is 1. The molecule has 0 aliphatic carbocycles. The summed E-state index contributed by atoms with van der Waals surface area (Å²) in [5.74, 6) is -0.530. The fraction of sp³-hybridized carbons (Fsp3) is 0.0714. The van der Waals surface area contributed by atoms with E-state index in [1.807, 2.05) is 11.3 Å². The lowest BCUT2D eigenvalue weighted by Crippen LogP contribution is -1.91. The van der Waals surface area contributed by atoms with Crippen LogP contribution < -0.4 is 5.73 Å². The van der Waals surface area contributed by atoms with E-state index in [0.29, 0.717) is 22.7 Å². The van der Waals surface area contributed by atoms with Crippen molar-refractivity contribution >= 4 is 11.2 Å². The van der Waals surface area contributed by atoms with Gasteiger partial charge in [-0.2, -0.15) is 0 Å². The smallest absolute Gasteiger partial charge is 0.135 e. The topological polar surface area (TPSA) is 43.3 Å². The molecule has 0 bridgehead atoms. The first-order chi connectivity index (χ1) is 9.06. The molecule has 2 aromatic heterocycles. The van der Waals surface area contributed by atoms with Crippen LogP contribution in [-0.4, -0.2) is 9.38 Å². The first-order valence-corrected chi connectivity index (χ1v) is 5.76. The predicted octanol–water partition coefficient (Wildman–Crippen LogP) is 3.17. The summed E-state index contributed by atoms with van der Waals surface area (Å²) in [5, 5.41) is 0. The van der Waals surface area contributed by atoms with Crippen molar-refractivity contribution in [3.8, 4) is 11.3 Å². The summed E-state index contributed by atoms with van der Waals surface area (Å²) < 4.78 is 28.6. The third kappa shape index (κ3) is 1.83. The van der Waals surface area contributed by atoms with Gasteiger partial charge in [-0.15, -0.1) is 0 Å². The molecule has 0 fully saturated rings. The molecule has 0 radical (unpaired) electrons. The lowest BCUT2D eigenvalue weighted by atomic mass is 10.1. The number of nitrogens with two attached hydrogens (primary N) is 1. The summed E-state index contributed by atoms with van der Waals surface area (Å²) >= 11 is 0. The molecule has 0 aliphatic heterocycles. The van der Waals surface area contributed by atoms with Crippen molar-refractivity contribution in [2.24, 2.45) is 0 Å². The van der Waals surface area contributed by atoms with Gasteiger partial charge in [0.25, 0.3) is 0 Å². The number of rotatable bonds is 1. The molecule has 3 rings (SSSR count). The van der Waals surface area contributed by atoms with Crippen LogP contribution in [0.4, 0.5) is 14.5 Å². The molecule has 0 saturated heterocycles. The maximum Gasteiger partial charge on any atom is 0.135 e. The maximum absolute atomic E-state index is 13.9. The molecule has 3 nitrogen and oxygen atoms in total. The van der Waals surface area contributed by atoms with Gasteiger partial charge in [-0.1, -0.05) is 0 Å². The Hall–Kier alpha value is -2.43. The van der Waals surface area contributed by atoms with Crippen LogP contribution >= 0.6 is 0 Å². The molecule has 3 aromatic rings. The zero-order valence-electron chi connectivity index (χ0n) is 10.2. The Morgan fingerprint density at radius 1 is 1.16 bits per heavy atom. The molecule has 0 unspecified atom stereocenters. The number of imidazole rings is 1. The van der Waals surface area contributed by atoms with Crippen LogP contribution in [0.25, 0.3) is 16.8 Å². The molecule has 0 saturated carbocycles. The zero-order chi connectivity index (χ0) is 13.6. The number of benzene rings is 1. The Balaban J connectivity index is 2.33. The van der Waals surface area contributed by atoms with Crippen molar-refractivity contribution in [2.75, 3.05) is 5.73 Å². The van der Waals surface area contributed by atoms with Crippen molar-refractivity contribution in [1.29, 1.82) is 0 Å². The Morgan fingerprint density at radius 2 is 1.95 bits per heavy atom. The molecule has 2 heterocycles. The van der Waals surface area contributed by atoms with Gasteiger partial charge in [-0.25, -0.2) is 13.8 Å². The van der Waals surface area contributed by atoms with Crippen LogP contribution in [-0.2, 0) is 0 Å². The first-order valence-electron chi connectivity index (χ1n) is 5.76. The lowest BCUT2D eigenvalue weighted by Gasteiger charge is -2.02. The van der Waals surface area contributed by atoms with Gasteiger partial charge in [0.1, 0.15) is 17.5 Å².